The van der Waals surface area contributed by atoms with Crippen molar-refractivity contribution < 1.29 is 14.3 Å². The Morgan fingerprint density at radius 3 is 2.65 bits per heavy atom. The predicted octanol–water partition coefficient (Wildman–Crippen LogP) is 3.95. The van der Waals surface area contributed by atoms with E-state index in [4.69, 9.17) is 11.6 Å². The summed E-state index contributed by atoms with van der Waals surface area (Å²) in [5.74, 6) is -0.598. The maximum absolute atomic E-state index is 13.5. The molecule has 0 aliphatic heterocycles. The Morgan fingerprint density at radius 2 is 2.00 bits per heavy atom. The summed E-state index contributed by atoms with van der Waals surface area (Å²) in [6.07, 6.45) is 0. The number of urea groups is 1. The van der Waals surface area contributed by atoms with Gasteiger partial charge in [-0.3, -0.25) is 0 Å². The van der Waals surface area contributed by atoms with Gasteiger partial charge in [0.2, 0.25) is 0 Å². The number of halogens is 2. The van der Waals surface area contributed by atoms with E-state index in [2.05, 4.69) is 10.6 Å². The lowest BCUT2D eigenvalue weighted by atomic mass is 10.1. The molecule has 2 aromatic carbocycles. The van der Waals surface area contributed by atoms with E-state index < -0.39 is 17.9 Å². The topological polar surface area (TPSA) is 61.4 Å². The number of carbonyl (C=O) groups is 1. The molecule has 0 saturated heterocycles. The van der Waals surface area contributed by atoms with Crippen molar-refractivity contribution in [3.05, 3.63) is 63.9 Å². The zero-order valence-electron chi connectivity index (χ0n) is 12.9. The Kier molecular flexibility index (Phi) is 5.58. The highest BCUT2D eigenvalue weighted by Gasteiger charge is 2.16. The molecule has 0 spiro atoms. The lowest BCUT2D eigenvalue weighted by molar-refractivity contribution is 0.225. The van der Waals surface area contributed by atoms with Crippen LogP contribution in [0.2, 0.25) is 5.02 Å². The number of nitrogens with one attached hydrogen (secondary N) is 2. The van der Waals surface area contributed by atoms with Gasteiger partial charge in [0.05, 0.1) is 17.7 Å². The molecule has 0 aliphatic rings. The monoisotopic (exact) mass is 336 g/mol. The molecule has 122 valence electrons. The summed E-state index contributed by atoms with van der Waals surface area (Å²) in [5.41, 5.74) is 3.06. The molecule has 0 aliphatic carbocycles. The lowest BCUT2D eigenvalue weighted by Crippen LogP contribution is -2.34. The third-order valence-corrected chi connectivity index (χ3v) is 3.78. The van der Waals surface area contributed by atoms with Gasteiger partial charge in [0, 0.05) is 5.69 Å². The van der Waals surface area contributed by atoms with E-state index in [-0.39, 0.29) is 11.6 Å². The highest BCUT2D eigenvalue weighted by molar-refractivity contribution is 6.30. The molecule has 6 heteroatoms. The maximum atomic E-state index is 13.5. The van der Waals surface area contributed by atoms with E-state index in [1.165, 1.54) is 12.1 Å². The van der Waals surface area contributed by atoms with Crippen LogP contribution in [0.4, 0.5) is 14.9 Å². The minimum Gasteiger partial charge on any atom is -0.394 e. The van der Waals surface area contributed by atoms with Crippen molar-refractivity contribution in [2.24, 2.45) is 0 Å². The van der Waals surface area contributed by atoms with Crippen molar-refractivity contribution in [3.8, 4) is 0 Å². The second-order valence-corrected chi connectivity index (χ2v) is 5.73. The molecule has 2 rings (SSSR count). The Hall–Kier alpha value is -2.11. The Labute approximate surface area is 139 Å². The van der Waals surface area contributed by atoms with Crippen LogP contribution in [0.5, 0.6) is 0 Å². The molecule has 3 N–H and O–H groups in total. The molecule has 0 bridgehead atoms. The van der Waals surface area contributed by atoms with E-state index in [1.807, 2.05) is 32.0 Å². The van der Waals surface area contributed by atoms with Gasteiger partial charge in [0.1, 0.15) is 5.82 Å². The number of carbonyl (C=O) groups excluding carboxylic acids is 1. The molecule has 23 heavy (non-hydrogen) atoms. The van der Waals surface area contributed by atoms with E-state index in [9.17, 15) is 14.3 Å². The van der Waals surface area contributed by atoms with Crippen molar-refractivity contribution in [2.75, 3.05) is 11.9 Å². The fraction of sp³-hybridized carbons (Fsp3) is 0.235. The molecular formula is C17H18ClFN2O2. The average molecular weight is 337 g/mol. The van der Waals surface area contributed by atoms with E-state index in [0.29, 0.717) is 11.3 Å². The molecule has 0 radical (unpaired) electrons. The quantitative estimate of drug-likeness (QED) is 0.791. The second kappa shape index (κ2) is 7.44. The second-order valence-electron chi connectivity index (χ2n) is 5.33. The van der Waals surface area contributed by atoms with E-state index in [1.54, 1.807) is 6.07 Å². The zero-order chi connectivity index (χ0) is 17.0. The average Bonchev–Trinajstić information content (AvgIpc) is 2.51. The first-order valence-electron chi connectivity index (χ1n) is 7.11. The number of aryl methyl sites for hydroxylation is 2. The van der Waals surface area contributed by atoms with Crippen LogP contribution in [0, 0.1) is 19.7 Å². The Bertz CT molecular complexity index is 722. The zero-order valence-corrected chi connectivity index (χ0v) is 13.6. The number of hydrogen-bond donors (Lipinski definition) is 3. The number of aliphatic hydroxyl groups excluding tert-OH is 1. The summed E-state index contributed by atoms with van der Waals surface area (Å²) in [6.45, 7) is 3.45. The van der Waals surface area contributed by atoms with E-state index >= 15 is 0 Å². The maximum Gasteiger partial charge on any atom is 0.319 e. The van der Waals surface area contributed by atoms with Crippen LogP contribution in [-0.4, -0.2) is 17.7 Å². The fourth-order valence-corrected chi connectivity index (χ4v) is 2.27. The third kappa shape index (κ3) is 4.43. The van der Waals surface area contributed by atoms with Gasteiger partial charge >= 0.3 is 6.03 Å². The summed E-state index contributed by atoms with van der Waals surface area (Å²) in [5, 5.41) is 14.8. The van der Waals surface area contributed by atoms with Crippen LogP contribution >= 0.6 is 11.6 Å². The first kappa shape index (κ1) is 17.2. The first-order chi connectivity index (χ1) is 10.9. The van der Waals surface area contributed by atoms with Crippen molar-refractivity contribution in [1.82, 2.24) is 5.32 Å². The third-order valence-electron chi connectivity index (χ3n) is 3.48. The highest BCUT2D eigenvalue weighted by atomic mass is 35.5. The van der Waals surface area contributed by atoms with Gasteiger partial charge < -0.3 is 15.7 Å². The summed E-state index contributed by atoms with van der Waals surface area (Å²) >= 11 is 5.64. The molecule has 2 amide bonds. The SMILES string of the molecule is Cc1ccc(C)c(NC(=O)NC(CO)c2ccc(Cl)c(F)c2)c1. The van der Waals surface area contributed by atoms with Crippen LogP contribution < -0.4 is 10.6 Å². The lowest BCUT2D eigenvalue weighted by Gasteiger charge is -2.18. The van der Waals surface area contributed by atoms with E-state index in [0.717, 1.165) is 11.1 Å². The number of benzene rings is 2. The number of hydrogen-bond acceptors (Lipinski definition) is 2. The predicted molar refractivity (Wildman–Crippen MR) is 89.3 cm³/mol. The standard InChI is InChI=1S/C17H18ClFN2O2/c1-10-3-4-11(2)15(7-10)20-17(23)21-16(9-22)12-5-6-13(18)14(19)8-12/h3-8,16,22H,9H2,1-2H3,(H2,20,21,23). The van der Waals surface area contributed by atoms with Gasteiger partial charge in [-0.1, -0.05) is 29.8 Å². The van der Waals surface area contributed by atoms with Crippen LogP contribution in [-0.2, 0) is 0 Å². The first-order valence-corrected chi connectivity index (χ1v) is 7.49. The number of aliphatic hydroxyl groups is 1. The summed E-state index contributed by atoms with van der Waals surface area (Å²) in [6, 6.07) is 8.64. The van der Waals surface area contributed by atoms with Crippen molar-refractivity contribution in [1.29, 1.82) is 0 Å². The van der Waals surface area contributed by atoms with Crippen LogP contribution in [0.3, 0.4) is 0 Å². The van der Waals surface area contributed by atoms with Crippen LogP contribution in [0.1, 0.15) is 22.7 Å². The van der Waals surface area contributed by atoms with Crippen molar-refractivity contribution in [3.63, 3.8) is 0 Å². The van der Waals surface area contributed by atoms with Gasteiger partial charge in [-0.05, 0) is 48.7 Å². The molecule has 0 saturated carbocycles. The van der Waals surface area contributed by atoms with Gasteiger partial charge in [-0.25, -0.2) is 9.18 Å². The molecule has 1 unspecified atom stereocenters. The smallest absolute Gasteiger partial charge is 0.319 e. The molecule has 1 atom stereocenters. The minimum atomic E-state index is -0.730. The molecule has 4 nitrogen and oxygen atoms in total. The molecular weight excluding hydrogens is 319 g/mol. The normalized spacial score (nSPS) is 11.9. The van der Waals surface area contributed by atoms with Crippen molar-refractivity contribution >= 4 is 23.3 Å². The number of amides is 2. The van der Waals surface area contributed by atoms with Gasteiger partial charge in [0.15, 0.2) is 0 Å². The number of rotatable bonds is 4. The van der Waals surface area contributed by atoms with Crippen LogP contribution in [0.25, 0.3) is 0 Å². The van der Waals surface area contributed by atoms with Gasteiger partial charge in [-0.15, -0.1) is 0 Å². The minimum absolute atomic E-state index is 0.00900. The van der Waals surface area contributed by atoms with Crippen molar-refractivity contribution in [2.45, 2.75) is 19.9 Å². The highest BCUT2D eigenvalue weighted by Crippen LogP contribution is 2.21. The van der Waals surface area contributed by atoms with Gasteiger partial charge in [0.25, 0.3) is 0 Å². The largest absolute Gasteiger partial charge is 0.394 e. The summed E-state index contributed by atoms with van der Waals surface area (Å²) in [4.78, 5) is 12.1. The summed E-state index contributed by atoms with van der Waals surface area (Å²) < 4.78 is 13.5. The summed E-state index contributed by atoms with van der Waals surface area (Å²) in [7, 11) is 0. The Balaban J connectivity index is 2.10. The molecule has 2 aromatic rings. The Morgan fingerprint density at radius 1 is 1.26 bits per heavy atom. The molecule has 0 aromatic heterocycles. The van der Waals surface area contributed by atoms with Crippen LogP contribution in [0.15, 0.2) is 36.4 Å². The number of anilines is 1. The molecule has 0 heterocycles. The molecule has 0 fully saturated rings. The van der Waals surface area contributed by atoms with Gasteiger partial charge in [-0.2, -0.15) is 0 Å². The fourth-order valence-electron chi connectivity index (χ4n) is 2.15.